The van der Waals surface area contributed by atoms with Crippen molar-refractivity contribution in [2.24, 2.45) is 0 Å². The average molecular weight is 294 g/mol. The second-order valence-electron chi connectivity index (χ2n) is 5.21. The van der Waals surface area contributed by atoms with Crippen LogP contribution in [0.5, 0.6) is 0 Å². The van der Waals surface area contributed by atoms with Crippen molar-refractivity contribution in [2.45, 2.75) is 20.0 Å². The molecule has 0 atom stereocenters. The SMILES string of the molecule is C=C(C(=O)OC(C)C)c1ccc(C(=O)c2ccccc2)cc1. The Labute approximate surface area is 130 Å². The van der Waals surface area contributed by atoms with Gasteiger partial charge in [0, 0.05) is 11.1 Å². The molecule has 3 heteroatoms. The van der Waals surface area contributed by atoms with Crippen LogP contribution in [0.3, 0.4) is 0 Å². The first-order chi connectivity index (χ1) is 10.5. The lowest BCUT2D eigenvalue weighted by Crippen LogP contribution is -2.12. The van der Waals surface area contributed by atoms with E-state index in [0.29, 0.717) is 16.7 Å². The van der Waals surface area contributed by atoms with E-state index in [4.69, 9.17) is 4.74 Å². The molecule has 0 aromatic heterocycles. The van der Waals surface area contributed by atoms with Gasteiger partial charge in [0.25, 0.3) is 0 Å². The van der Waals surface area contributed by atoms with Crippen LogP contribution < -0.4 is 0 Å². The molecule has 0 spiro atoms. The van der Waals surface area contributed by atoms with Gasteiger partial charge in [-0.15, -0.1) is 0 Å². The summed E-state index contributed by atoms with van der Waals surface area (Å²) in [5.41, 5.74) is 2.14. The van der Waals surface area contributed by atoms with E-state index >= 15 is 0 Å². The zero-order valence-corrected chi connectivity index (χ0v) is 12.7. The Morgan fingerprint density at radius 1 is 0.864 bits per heavy atom. The van der Waals surface area contributed by atoms with Crippen molar-refractivity contribution in [3.05, 3.63) is 77.9 Å². The number of hydrogen-bond donors (Lipinski definition) is 0. The van der Waals surface area contributed by atoms with Crippen molar-refractivity contribution in [3.63, 3.8) is 0 Å². The second-order valence-corrected chi connectivity index (χ2v) is 5.21. The van der Waals surface area contributed by atoms with Crippen LogP contribution in [0.4, 0.5) is 0 Å². The summed E-state index contributed by atoms with van der Waals surface area (Å²) in [5.74, 6) is -0.500. The minimum absolute atomic E-state index is 0.0532. The molecule has 0 aliphatic rings. The molecule has 3 nitrogen and oxygen atoms in total. The molecule has 0 aliphatic carbocycles. The summed E-state index contributed by atoms with van der Waals surface area (Å²) in [4.78, 5) is 24.1. The van der Waals surface area contributed by atoms with Crippen LogP contribution in [0.15, 0.2) is 61.2 Å². The van der Waals surface area contributed by atoms with Gasteiger partial charge in [0.05, 0.1) is 11.7 Å². The second kappa shape index (κ2) is 6.85. The Morgan fingerprint density at radius 2 is 1.36 bits per heavy atom. The van der Waals surface area contributed by atoms with Gasteiger partial charge >= 0.3 is 5.97 Å². The first-order valence-electron chi connectivity index (χ1n) is 7.09. The first kappa shape index (κ1) is 15.7. The van der Waals surface area contributed by atoms with Crippen molar-refractivity contribution in [3.8, 4) is 0 Å². The molecule has 2 rings (SSSR count). The molecule has 0 heterocycles. The van der Waals surface area contributed by atoms with Crippen molar-refractivity contribution in [2.75, 3.05) is 0 Å². The van der Waals surface area contributed by atoms with Gasteiger partial charge in [0.1, 0.15) is 0 Å². The lowest BCUT2D eigenvalue weighted by molar-refractivity contribution is -0.140. The van der Waals surface area contributed by atoms with Crippen molar-refractivity contribution in [1.82, 2.24) is 0 Å². The average Bonchev–Trinajstić information content (AvgIpc) is 2.54. The highest BCUT2D eigenvalue weighted by atomic mass is 16.5. The van der Waals surface area contributed by atoms with Crippen molar-refractivity contribution >= 4 is 17.3 Å². The van der Waals surface area contributed by atoms with E-state index in [1.807, 2.05) is 18.2 Å². The normalized spacial score (nSPS) is 10.3. The van der Waals surface area contributed by atoms with Crippen molar-refractivity contribution < 1.29 is 14.3 Å². The first-order valence-corrected chi connectivity index (χ1v) is 7.09. The van der Waals surface area contributed by atoms with Crippen LogP contribution in [0.1, 0.15) is 35.3 Å². The maximum absolute atomic E-state index is 12.3. The van der Waals surface area contributed by atoms with Gasteiger partial charge in [0.2, 0.25) is 0 Å². The molecule has 22 heavy (non-hydrogen) atoms. The van der Waals surface area contributed by atoms with Gasteiger partial charge in [-0.3, -0.25) is 4.79 Å². The van der Waals surface area contributed by atoms with Gasteiger partial charge < -0.3 is 4.74 Å². The Kier molecular flexibility index (Phi) is 4.89. The number of esters is 1. The summed E-state index contributed by atoms with van der Waals surface area (Å²) in [6.07, 6.45) is -0.191. The molecule has 0 N–H and O–H groups in total. The molecule has 0 amide bonds. The molecular formula is C19H18O3. The summed E-state index contributed by atoms with van der Waals surface area (Å²) >= 11 is 0. The lowest BCUT2D eigenvalue weighted by Gasteiger charge is -2.10. The molecule has 2 aromatic carbocycles. The molecular weight excluding hydrogens is 276 g/mol. The molecule has 0 saturated carbocycles. The molecule has 112 valence electrons. The highest BCUT2D eigenvalue weighted by molar-refractivity contribution is 6.16. The Morgan fingerprint density at radius 3 is 1.91 bits per heavy atom. The Bertz CT molecular complexity index is 682. The monoisotopic (exact) mass is 294 g/mol. The van der Waals surface area contributed by atoms with E-state index in [9.17, 15) is 9.59 Å². The smallest absolute Gasteiger partial charge is 0.338 e. The number of hydrogen-bond acceptors (Lipinski definition) is 3. The zero-order valence-electron chi connectivity index (χ0n) is 12.7. The quantitative estimate of drug-likeness (QED) is 0.477. The van der Waals surface area contributed by atoms with E-state index in [1.165, 1.54) is 0 Å². The van der Waals surface area contributed by atoms with Crippen LogP contribution >= 0.6 is 0 Å². The minimum Gasteiger partial charge on any atom is -0.459 e. The summed E-state index contributed by atoms with van der Waals surface area (Å²) < 4.78 is 5.11. The number of carbonyl (C=O) groups excluding carboxylic acids is 2. The van der Waals surface area contributed by atoms with Gasteiger partial charge in [-0.2, -0.15) is 0 Å². The molecule has 0 saturated heterocycles. The van der Waals surface area contributed by atoms with E-state index in [-0.39, 0.29) is 17.5 Å². The van der Waals surface area contributed by atoms with Crippen LogP contribution in [0.25, 0.3) is 5.57 Å². The van der Waals surface area contributed by atoms with Crippen LogP contribution in [0.2, 0.25) is 0 Å². The van der Waals surface area contributed by atoms with E-state index < -0.39 is 5.97 Å². The summed E-state index contributed by atoms with van der Waals surface area (Å²) in [6.45, 7) is 7.32. The zero-order chi connectivity index (χ0) is 16.1. The fourth-order valence-electron chi connectivity index (χ4n) is 1.98. The molecule has 0 radical (unpaired) electrons. The third-order valence-electron chi connectivity index (χ3n) is 3.12. The van der Waals surface area contributed by atoms with Crippen LogP contribution in [-0.2, 0) is 9.53 Å². The topological polar surface area (TPSA) is 43.4 Å². The van der Waals surface area contributed by atoms with Gasteiger partial charge in [-0.05, 0) is 19.4 Å². The number of ether oxygens (including phenoxy) is 1. The van der Waals surface area contributed by atoms with Gasteiger partial charge in [-0.1, -0.05) is 61.2 Å². The summed E-state index contributed by atoms with van der Waals surface area (Å²) in [6, 6.07) is 15.9. The number of carbonyl (C=O) groups is 2. The molecule has 0 unspecified atom stereocenters. The predicted octanol–water partition coefficient (Wildman–Crippen LogP) is 3.88. The largest absolute Gasteiger partial charge is 0.459 e. The van der Waals surface area contributed by atoms with Gasteiger partial charge in [0.15, 0.2) is 5.78 Å². The Hall–Kier alpha value is -2.68. The number of ketones is 1. The molecule has 0 fully saturated rings. The lowest BCUT2D eigenvalue weighted by atomic mass is 10.00. The molecule has 2 aromatic rings. The highest BCUT2D eigenvalue weighted by Gasteiger charge is 2.14. The summed E-state index contributed by atoms with van der Waals surface area (Å²) in [7, 11) is 0. The summed E-state index contributed by atoms with van der Waals surface area (Å²) in [5, 5.41) is 0. The van der Waals surface area contributed by atoms with Crippen molar-refractivity contribution in [1.29, 1.82) is 0 Å². The van der Waals surface area contributed by atoms with Crippen LogP contribution in [-0.4, -0.2) is 17.9 Å². The fraction of sp³-hybridized carbons (Fsp3) is 0.158. The number of rotatable bonds is 5. The fourth-order valence-corrected chi connectivity index (χ4v) is 1.98. The van der Waals surface area contributed by atoms with E-state index in [2.05, 4.69) is 6.58 Å². The number of benzene rings is 2. The molecule has 0 bridgehead atoms. The maximum atomic E-state index is 12.3. The van der Waals surface area contributed by atoms with Crippen LogP contribution in [0, 0.1) is 0 Å². The maximum Gasteiger partial charge on any atom is 0.338 e. The predicted molar refractivity (Wildman–Crippen MR) is 86.6 cm³/mol. The molecule has 0 aliphatic heterocycles. The Balaban J connectivity index is 2.15. The standard InChI is InChI=1S/C19H18O3/c1-13(2)22-19(21)14(3)15-9-11-17(12-10-15)18(20)16-7-5-4-6-8-16/h4-13H,3H2,1-2H3. The van der Waals surface area contributed by atoms with E-state index in [0.717, 1.165) is 0 Å². The van der Waals surface area contributed by atoms with E-state index in [1.54, 1.807) is 50.2 Å². The minimum atomic E-state index is -0.447. The third kappa shape index (κ3) is 3.70. The highest BCUT2D eigenvalue weighted by Crippen LogP contribution is 2.17. The third-order valence-corrected chi connectivity index (χ3v) is 3.12. The van der Waals surface area contributed by atoms with Gasteiger partial charge in [-0.25, -0.2) is 4.79 Å².